The van der Waals surface area contributed by atoms with Crippen LogP contribution in [0.3, 0.4) is 0 Å². The minimum atomic E-state index is -3.77. The van der Waals surface area contributed by atoms with Crippen LogP contribution in [-0.2, 0) is 20.2 Å². The Morgan fingerprint density at radius 1 is 1.25 bits per heavy atom. The molecule has 1 N–H and O–H groups in total. The van der Waals surface area contributed by atoms with Crippen LogP contribution in [0.25, 0.3) is 0 Å². The second-order valence-corrected chi connectivity index (χ2v) is 10.0. The van der Waals surface area contributed by atoms with Crippen molar-refractivity contribution in [2.24, 2.45) is 5.92 Å². The summed E-state index contributed by atoms with van der Waals surface area (Å²) >= 11 is 0. The molecule has 1 amide bonds. The molecular weight excluding hydrogens is 384 g/mol. The van der Waals surface area contributed by atoms with Crippen molar-refractivity contribution in [2.45, 2.75) is 57.8 Å². The molecule has 1 saturated heterocycles. The maximum atomic E-state index is 13.0. The van der Waals surface area contributed by atoms with Gasteiger partial charge < -0.3 is 14.4 Å². The van der Waals surface area contributed by atoms with Crippen LogP contribution in [0.2, 0.25) is 0 Å². The zero-order valence-electron chi connectivity index (χ0n) is 16.8. The van der Waals surface area contributed by atoms with E-state index >= 15 is 0 Å². The van der Waals surface area contributed by atoms with Crippen LogP contribution < -0.4 is 5.32 Å². The second-order valence-electron chi connectivity index (χ2n) is 8.17. The molecule has 9 nitrogen and oxygen atoms in total. The molecule has 0 aromatic carbocycles. The Hall–Kier alpha value is -2.20. The van der Waals surface area contributed by atoms with Gasteiger partial charge >= 0.3 is 0 Å². The third kappa shape index (κ3) is 3.97. The molecular formula is C18H26N4O5S. The highest BCUT2D eigenvalue weighted by Gasteiger charge is 2.36. The topological polar surface area (TPSA) is 119 Å². The summed E-state index contributed by atoms with van der Waals surface area (Å²) in [7, 11) is -3.77. The van der Waals surface area contributed by atoms with E-state index in [9.17, 15) is 13.2 Å². The summed E-state index contributed by atoms with van der Waals surface area (Å²) in [5.74, 6) is 0.502. The van der Waals surface area contributed by atoms with E-state index in [1.165, 1.54) is 4.31 Å². The van der Waals surface area contributed by atoms with Gasteiger partial charge in [0.25, 0.3) is 0 Å². The van der Waals surface area contributed by atoms with Crippen LogP contribution in [0.1, 0.15) is 50.8 Å². The van der Waals surface area contributed by atoms with Gasteiger partial charge in [-0.05, 0) is 26.7 Å². The highest BCUT2D eigenvalue weighted by Crippen LogP contribution is 2.29. The van der Waals surface area contributed by atoms with Crippen molar-refractivity contribution in [2.75, 3.05) is 18.4 Å². The van der Waals surface area contributed by atoms with Crippen LogP contribution in [0.15, 0.2) is 20.0 Å². The maximum Gasteiger partial charge on any atom is 0.248 e. The van der Waals surface area contributed by atoms with Crippen molar-refractivity contribution in [3.05, 3.63) is 23.3 Å². The van der Waals surface area contributed by atoms with Crippen molar-refractivity contribution < 1.29 is 22.3 Å². The van der Waals surface area contributed by atoms with Crippen LogP contribution in [0, 0.1) is 19.8 Å². The number of amides is 1. The molecule has 2 aromatic heterocycles. The number of sulfonamides is 1. The summed E-state index contributed by atoms with van der Waals surface area (Å²) in [5, 5.41) is 10.4. The summed E-state index contributed by atoms with van der Waals surface area (Å²) in [5.41, 5.74) is 0.0985. The number of aryl methyl sites for hydroxylation is 2. The van der Waals surface area contributed by atoms with Gasteiger partial charge in [0.05, 0.1) is 5.92 Å². The number of rotatable bonds is 4. The van der Waals surface area contributed by atoms with E-state index in [0.717, 1.165) is 0 Å². The third-order valence-electron chi connectivity index (χ3n) is 4.82. The Balaban J connectivity index is 1.72. The molecule has 1 aliphatic heterocycles. The fourth-order valence-corrected chi connectivity index (χ4v) is 5.08. The van der Waals surface area contributed by atoms with Gasteiger partial charge in [-0.15, -0.1) is 0 Å². The Labute approximate surface area is 164 Å². The molecule has 1 fully saturated rings. The molecule has 3 heterocycles. The smallest absolute Gasteiger partial charge is 0.248 e. The van der Waals surface area contributed by atoms with Gasteiger partial charge in [-0.1, -0.05) is 31.1 Å². The largest absolute Gasteiger partial charge is 0.360 e. The zero-order chi connectivity index (χ0) is 20.7. The molecule has 0 aliphatic carbocycles. The maximum absolute atomic E-state index is 13.0. The van der Waals surface area contributed by atoms with Gasteiger partial charge in [0.15, 0.2) is 11.6 Å². The second kappa shape index (κ2) is 7.32. The van der Waals surface area contributed by atoms with Gasteiger partial charge in [-0.3, -0.25) is 4.79 Å². The molecule has 10 heteroatoms. The molecule has 2 aromatic rings. The summed E-state index contributed by atoms with van der Waals surface area (Å²) < 4.78 is 37.6. The third-order valence-corrected chi connectivity index (χ3v) is 6.93. The number of carbonyl (C=O) groups is 1. The summed E-state index contributed by atoms with van der Waals surface area (Å²) in [4.78, 5) is 12.8. The highest BCUT2D eigenvalue weighted by molar-refractivity contribution is 7.89. The predicted octanol–water partition coefficient (Wildman–Crippen LogP) is 2.62. The Morgan fingerprint density at radius 3 is 2.54 bits per heavy atom. The van der Waals surface area contributed by atoms with E-state index in [0.29, 0.717) is 36.7 Å². The number of carbonyl (C=O) groups excluding carboxylic acids is 1. The first-order valence-corrected chi connectivity index (χ1v) is 10.6. The number of nitrogens with zero attached hydrogens (tertiary/aromatic N) is 3. The Bertz CT molecular complexity index is 951. The Morgan fingerprint density at radius 2 is 1.96 bits per heavy atom. The first-order valence-electron chi connectivity index (χ1n) is 9.21. The fourth-order valence-electron chi connectivity index (χ4n) is 3.26. The van der Waals surface area contributed by atoms with Crippen molar-refractivity contribution in [3.63, 3.8) is 0 Å². The molecule has 0 radical (unpaired) electrons. The number of aromatic nitrogens is 2. The highest BCUT2D eigenvalue weighted by atomic mass is 32.2. The van der Waals surface area contributed by atoms with Crippen molar-refractivity contribution in [1.82, 2.24) is 14.6 Å². The standard InChI is InChI=1S/C18H26N4O5S/c1-11-16(12(2)26-20-11)28(24,25)22-8-6-7-13(10-22)17(23)19-15-9-14(27-21-15)18(3,4)5/h9,13H,6-8,10H2,1-5H3,(H,19,21,23). The number of anilines is 1. The SMILES string of the molecule is Cc1noc(C)c1S(=O)(=O)N1CCCC(C(=O)Nc2cc(C(C)(C)C)on2)C1. The van der Waals surface area contributed by atoms with Crippen LogP contribution in [0.4, 0.5) is 5.82 Å². The zero-order valence-corrected chi connectivity index (χ0v) is 17.6. The number of nitrogens with one attached hydrogen (secondary N) is 1. The van der Waals surface area contributed by atoms with E-state index in [1.807, 2.05) is 20.8 Å². The first-order chi connectivity index (χ1) is 13.0. The number of piperidine rings is 1. The Kier molecular flexibility index (Phi) is 5.37. The van der Waals surface area contributed by atoms with Crippen LogP contribution in [-0.4, -0.2) is 42.0 Å². The normalized spacial score (nSPS) is 19.0. The van der Waals surface area contributed by atoms with Gasteiger partial charge in [-0.25, -0.2) is 8.42 Å². The van der Waals surface area contributed by atoms with E-state index in [1.54, 1.807) is 19.9 Å². The van der Waals surface area contributed by atoms with Crippen LogP contribution >= 0.6 is 0 Å². The predicted molar refractivity (Wildman–Crippen MR) is 101 cm³/mol. The number of hydrogen-bond donors (Lipinski definition) is 1. The molecule has 0 spiro atoms. The molecule has 154 valence electrons. The molecule has 3 rings (SSSR count). The summed E-state index contributed by atoms with van der Waals surface area (Å²) in [6.45, 7) is 9.57. The molecule has 1 atom stereocenters. The molecule has 0 bridgehead atoms. The van der Waals surface area contributed by atoms with Gasteiger partial charge in [0.2, 0.25) is 15.9 Å². The van der Waals surface area contributed by atoms with E-state index < -0.39 is 15.9 Å². The summed E-state index contributed by atoms with van der Waals surface area (Å²) in [6.07, 6.45) is 1.19. The average Bonchev–Trinajstić information content (AvgIpc) is 3.21. The van der Waals surface area contributed by atoms with Crippen molar-refractivity contribution in [3.8, 4) is 0 Å². The minimum Gasteiger partial charge on any atom is -0.360 e. The van der Waals surface area contributed by atoms with Crippen LogP contribution in [0.5, 0.6) is 0 Å². The lowest BCUT2D eigenvalue weighted by Gasteiger charge is -2.30. The van der Waals surface area contributed by atoms with Gasteiger partial charge in [0, 0.05) is 24.6 Å². The monoisotopic (exact) mass is 410 g/mol. The van der Waals surface area contributed by atoms with Gasteiger partial charge in [0.1, 0.15) is 16.3 Å². The molecule has 1 aliphatic rings. The number of hydrogen-bond acceptors (Lipinski definition) is 7. The quantitative estimate of drug-likeness (QED) is 0.823. The molecule has 28 heavy (non-hydrogen) atoms. The van der Waals surface area contributed by atoms with Gasteiger partial charge in [-0.2, -0.15) is 4.31 Å². The molecule has 0 saturated carbocycles. The minimum absolute atomic E-state index is 0.0832. The van der Waals surface area contributed by atoms with E-state index in [4.69, 9.17) is 9.05 Å². The lowest BCUT2D eigenvalue weighted by Crippen LogP contribution is -2.43. The van der Waals surface area contributed by atoms with E-state index in [-0.39, 0.29) is 28.5 Å². The molecule has 1 unspecified atom stereocenters. The lowest BCUT2D eigenvalue weighted by molar-refractivity contribution is -0.120. The van der Waals surface area contributed by atoms with Crippen molar-refractivity contribution in [1.29, 1.82) is 0 Å². The van der Waals surface area contributed by atoms with Crippen molar-refractivity contribution >= 4 is 21.7 Å². The first kappa shape index (κ1) is 20.5. The fraction of sp³-hybridized carbons (Fsp3) is 0.611. The average molecular weight is 410 g/mol. The van der Waals surface area contributed by atoms with E-state index in [2.05, 4.69) is 15.6 Å². The lowest BCUT2D eigenvalue weighted by atomic mass is 9.93. The summed E-state index contributed by atoms with van der Waals surface area (Å²) in [6, 6.07) is 1.69.